The molecule has 0 amide bonds. The Morgan fingerprint density at radius 2 is 2.27 bits per heavy atom. The molecule has 0 radical (unpaired) electrons. The fraction of sp³-hybridized carbons (Fsp3) is 0.636. The van der Waals surface area contributed by atoms with Crippen molar-refractivity contribution in [3.63, 3.8) is 0 Å². The van der Waals surface area contributed by atoms with Crippen molar-refractivity contribution in [2.75, 3.05) is 6.61 Å². The van der Waals surface area contributed by atoms with Gasteiger partial charge in [-0.3, -0.25) is 4.79 Å². The molecule has 0 saturated carbocycles. The summed E-state index contributed by atoms with van der Waals surface area (Å²) >= 11 is 0. The standard InChI is InChI=1S/C11H16O4/c1-3-14-11(13)9-5-4-6-10(7-9)15-8(2)12/h7,10H,3-6H2,1-2H3. The van der Waals surface area contributed by atoms with Crippen molar-refractivity contribution < 1.29 is 19.1 Å². The molecule has 84 valence electrons. The van der Waals surface area contributed by atoms with Crippen LogP contribution in [0.15, 0.2) is 11.6 Å². The topological polar surface area (TPSA) is 52.6 Å². The van der Waals surface area contributed by atoms with Gasteiger partial charge in [0.05, 0.1) is 6.61 Å². The van der Waals surface area contributed by atoms with Crippen molar-refractivity contribution in [1.29, 1.82) is 0 Å². The summed E-state index contributed by atoms with van der Waals surface area (Å²) in [6.07, 6.45) is 3.76. The van der Waals surface area contributed by atoms with Gasteiger partial charge in [0, 0.05) is 12.5 Å². The molecule has 1 unspecified atom stereocenters. The molecule has 0 heterocycles. The third-order valence-electron chi connectivity index (χ3n) is 2.18. The molecule has 4 heteroatoms. The Bertz CT molecular complexity index is 280. The Labute approximate surface area is 89.2 Å². The van der Waals surface area contributed by atoms with Crippen molar-refractivity contribution >= 4 is 11.9 Å². The van der Waals surface area contributed by atoms with Crippen molar-refractivity contribution in [2.45, 2.75) is 39.2 Å². The van der Waals surface area contributed by atoms with Crippen LogP contribution < -0.4 is 0 Å². The highest BCUT2D eigenvalue weighted by atomic mass is 16.5. The fourth-order valence-corrected chi connectivity index (χ4v) is 1.58. The SMILES string of the molecule is CCOC(=O)C1=CC(OC(C)=O)CCC1. The Morgan fingerprint density at radius 3 is 2.87 bits per heavy atom. The lowest BCUT2D eigenvalue weighted by atomic mass is 9.97. The molecule has 0 aromatic carbocycles. The van der Waals surface area contributed by atoms with Crippen molar-refractivity contribution in [2.24, 2.45) is 0 Å². The summed E-state index contributed by atoms with van der Waals surface area (Å²) in [5, 5.41) is 0. The Morgan fingerprint density at radius 1 is 1.53 bits per heavy atom. The van der Waals surface area contributed by atoms with Gasteiger partial charge in [0.2, 0.25) is 0 Å². The summed E-state index contributed by atoms with van der Waals surface area (Å²) in [4.78, 5) is 22.1. The molecular weight excluding hydrogens is 196 g/mol. The van der Waals surface area contributed by atoms with Gasteiger partial charge in [-0.2, -0.15) is 0 Å². The van der Waals surface area contributed by atoms with Crippen LogP contribution in [0.3, 0.4) is 0 Å². The molecule has 4 nitrogen and oxygen atoms in total. The highest BCUT2D eigenvalue weighted by Crippen LogP contribution is 2.21. The maximum Gasteiger partial charge on any atom is 0.333 e. The molecule has 1 aliphatic rings. The van der Waals surface area contributed by atoms with Crippen LogP contribution in [0.4, 0.5) is 0 Å². The van der Waals surface area contributed by atoms with Gasteiger partial charge in [0.1, 0.15) is 6.10 Å². The van der Waals surface area contributed by atoms with Gasteiger partial charge >= 0.3 is 11.9 Å². The molecule has 0 bridgehead atoms. The molecule has 1 atom stereocenters. The van der Waals surface area contributed by atoms with Crippen LogP contribution in [0.1, 0.15) is 33.1 Å². The summed E-state index contributed by atoms with van der Waals surface area (Å²) in [6.45, 7) is 3.51. The van der Waals surface area contributed by atoms with E-state index in [1.165, 1.54) is 6.92 Å². The zero-order chi connectivity index (χ0) is 11.3. The van der Waals surface area contributed by atoms with E-state index >= 15 is 0 Å². The summed E-state index contributed by atoms with van der Waals surface area (Å²) in [7, 11) is 0. The molecule has 0 aromatic heterocycles. The van der Waals surface area contributed by atoms with Crippen LogP contribution in [0, 0.1) is 0 Å². The van der Waals surface area contributed by atoms with E-state index in [-0.39, 0.29) is 18.0 Å². The zero-order valence-corrected chi connectivity index (χ0v) is 9.12. The number of rotatable bonds is 3. The van der Waals surface area contributed by atoms with Crippen LogP contribution >= 0.6 is 0 Å². The minimum Gasteiger partial charge on any atom is -0.463 e. The lowest BCUT2D eigenvalue weighted by molar-refractivity contribution is -0.145. The molecular formula is C11H16O4. The molecule has 0 N–H and O–H groups in total. The second-order valence-electron chi connectivity index (χ2n) is 3.45. The first kappa shape index (κ1) is 11.8. The number of ether oxygens (including phenoxy) is 2. The Balaban J connectivity index is 2.60. The lowest BCUT2D eigenvalue weighted by Gasteiger charge is -2.19. The normalized spacial score (nSPS) is 20.4. The maximum atomic E-state index is 11.4. The second kappa shape index (κ2) is 5.53. The Kier molecular flexibility index (Phi) is 4.34. The molecule has 0 aliphatic heterocycles. The molecule has 15 heavy (non-hydrogen) atoms. The van der Waals surface area contributed by atoms with E-state index in [9.17, 15) is 9.59 Å². The van der Waals surface area contributed by atoms with Crippen molar-refractivity contribution in [1.82, 2.24) is 0 Å². The zero-order valence-electron chi connectivity index (χ0n) is 9.12. The highest BCUT2D eigenvalue weighted by Gasteiger charge is 2.20. The second-order valence-corrected chi connectivity index (χ2v) is 3.45. The van der Waals surface area contributed by atoms with Crippen LogP contribution in [0.2, 0.25) is 0 Å². The van der Waals surface area contributed by atoms with Gasteiger partial charge in [-0.05, 0) is 32.3 Å². The fourth-order valence-electron chi connectivity index (χ4n) is 1.58. The van der Waals surface area contributed by atoms with E-state index < -0.39 is 0 Å². The third kappa shape index (κ3) is 3.73. The maximum absolute atomic E-state index is 11.4. The summed E-state index contributed by atoms with van der Waals surface area (Å²) in [5.41, 5.74) is 0.620. The first-order valence-electron chi connectivity index (χ1n) is 5.18. The smallest absolute Gasteiger partial charge is 0.333 e. The van der Waals surface area contributed by atoms with E-state index in [2.05, 4.69) is 0 Å². The van der Waals surface area contributed by atoms with Crippen LogP contribution in [-0.2, 0) is 19.1 Å². The summed E-state index contributed by atoms with van der Waals surface area (Å²) in [5.74, 6) is -0.615. The van der Waals surface area contributed by atoms with Crippen LogP contribution in [-0.4, -0.2) is 24.6 Å². The number of carbonyl (C=O) groups is 2. The molecule has 0 aromatic rings. The van der Waals surface area contributed by atoms with E-state index in [4.69, 9.17) is 9.47 Å². The molecule has 1 rings (SSSR count). The average Bonchev–Trinajstić information content (AvgIpc) is 2.17. The average molecular weight is 212 g/mol. The summed E-state index contributed by atoms with van der Waals surface area (Å²) in [6, 6.07) is 0. The van der Waals surface area contributed by atoms with Crippen molar-refractivity contribution in [3.05, 3.63) is 11.6 Å². The van der Waals surface area contributed by atoms with E-state index in [0.717, 1.165) is 12.8 Å². The van der Waals surface area contributed by atoms with Gasteiger partial charge in [-0.25, -0.2) is 4.79 Å². The molecule has 0 fully saturated rings. The monoisotopic (exact) mass is 212 g/mol. The largest absolute Gasteiger partial charge is 0.463 e. The summed E-state index contributed by atoms with van der Waals surface area (Å²) < 4.78 is 9.91. The van der Waals surface area contributed by atoms with Gasteiger partial charge in [0.15, 0.2) is 0 Å². The molecule has 1 aliphatic carbocycles. The predicted octanol–water partition coefficient (Wildman–Crippen LogP) is 1.59. The van der Waals surface area contributed by atoms with Crippen molar-refractivity contribution in [3.8, 4) is 0 Å². The Hall–Kier alpha value is -1.32. The minimum atomic E-state index is -0.318. The first-order chi connectivity index (χ1) is 7.13. The number of hydrogen-bond acceptors (Lipinski definition) is 4. The van der Waals surface area contributed by atoms with Gasteiger partial charge in [0.25, 0.3) is 0 Å². The highest BCUT2D eigenvalue weighted by molar-refractivity contribution is 5.88. The minimum absolute atomic E-state index is 0.268. The molecule has 0 spiro atoms. The lowest BCUT2D eigenvalue weighted by Crippen LogP contribution is -2.20. The predicted molar refractivity (Wildman–Crippen MR) is 54.1 cm³/mol. The van der Waals surface area contributed by atoms with Crippen LogP contribution in [0.5, 0.6) is 0 Å². The van der Waals surface area contributed by atoms with Crippen LogP contribution in [0.25, 0.3) is 0 Å². The number of hydrogen-bond donors (Lipinski definition) is 0. The van der Waals surface area contributed by atoms with Gasteiger partial charge < -0.3 is 9.47 Å². The van der Waals surface area contributed by atoms with E-state index in [1.54, 1.807) is 13.0 Å². The number of carbonyl (C=O) groups excluding carboxylic acids is 2. The van der Waals surface area contributed by atoms with E-state index in [1.807, 2.05) is 0 Å². The van der Waals surface area contributed by atoms with Gasteiger partial charge in [-0.1, -0.05) is 0 Å². The first-order valence-corrected chi connectivity index (χ1v) is 5.18. The van der Waals surface area contributed by atoms with E-state index in [0.29, 0.717) is 18.6 Å². The number of esters is 2. The third-order valence-corrected chi connectivity index (χ3v) is 2.18. The molecule has 0 saturated heterocycles. The quantitative estimate of drug-likeness (QED) is 0.667. The van der Waals surface area contributed by atoms with Gasteiger partial charge in [-0.15, -0.1) is 0 Å².